The van der Waals surface area contributed by atoms with Crippen molar-refractivity contribution in [2.45, 2.75) is 39.7 Å². The maximum absolute atomic E-state index is 11.8. The van der Waals surface area contributed by atoms with Gasteiger partial charge in [0.2, 0.25) is 17.7 Å². The highest BCUT2D eigenvalue weighted by Crippen LogP contribution is 2.05. The van der Waals surface area contributed by atoms with Gasteiger partial charge in [0.15, 0.2) is 0 Å². The fraction of sp³-hybridized carbons (Fsp3) is 0.500. The molecular formula is C18H27N3O3. The molecule has 0 aliphatic carbocycles. The van der Waals surface area contributed by atoms with Gasteiger partial charge in [0, 0.05) is 45.9 Å². The van der Waals surface area contributed by atoms with Crippen LogP contribution in [-0.2, 0) is 20.9 Å². The molecule has 0 aliphatic rings. The second kappa shape index (κ2) is 11.2. The van der Waals surface area contributed by atoms with Gasteiger partial charge in [-0.1, -0.05) is 37.3 Å². The number of nitrogens with zero attached hydrogens (tertiary/aromatic N) is 1. The van der Waals surface area contributed by atoms with E-state index in [0.29, 0.717) is 26.2 Å². The molecule has 0 fully saturated rings. The van der Waals surface area contributed by atoms with E-state index < -0.39 is 0 Å². The van der Waals surface area contributed by atoms with Gasteiger partial charge in [-0.25, -0.2) is 0 Å². The molecule has 132 valence electrons. The minimum absolute atomic E-state index is 0.0633. The Morgan fingerprint density at radius 3 is 2.21 bits per heavy atom. The number of nitrogens with one attached hydrogen (secondary N) is 2. The van der Waals surface area contributed by atoms with Crippen molar-refractivity contribution >= 4 is 17.7 Å². The van der Waals surface area contributed by atoms with E-state index in [2.05, 4.69) is 10.6 Å². The van der Waals surface area contributed by atoms with Crippen LogP contribution in [0.1, 0.15) is 38.7 Å². The lowest BCUT2D eigenvalue weighted by atomic mass is 10.2. The summed E-state index contributed by atoms with van der Waals surface area (Å²) in [5.41, 5.74) is 1.03. The molecule has 1 aromatic carbocycles. The van der Waals surface area contributed by atoms with Crippen molar-refractivity contribution in [1.82, 2.24) is 15.5 Å². The molecule has 1 aromatic rings. The maximum atomic E-state index is 11.8. The van der Waals surface area contributed by atoms with E-state index in [1.807, 2.05) is 37.3 Å². The summed E-state index contributed by atoms with van der Waals surface area (Å²) in [7, 11) is 0. The Balaban J connectivity index is 2.29. The molecule has 0 saturated carbocycles. The number of rotatable bonds is 10. The van der Waals surface area contributed by atoms with Crippen molar-refractivity contribution in [2.24, 2.45) is 0 Å². The van der Waals surface area contributed by atoms with Crippen LogP contribution in [0.3, 0.4) is 0 Å². The SMILES string of the molecule is CCCNC(=O)CCNC(=O)CCN(Cc1ccccc1)C(C)=O. The van der Waals surface area contributed by atoms with Crippen LogP contribution in [0, 0.1) is 0 Å². The summed E-state index contributed by atoms with van der Waals surface area (Å²) in [5.74, 6) is -0.283. The van der Waals surface area contributed by atoms with Gasteiger partial charge in [0.25, 0.3) is 0 Å². The van der Waals surface area contributed by atoms with Gasteiger partial charge in [0.1, 0.15) is 0 Å². The van der Waals surface area contributed by atoms with Crippen molar-refractivity contribution in [3.8, 4) is 0 Å². The summed E-state index contributed by atoms with van der Waals surface area (Å²) < 4.78 is 0. The summed E-state index contributed by atoms with van der Waals surface area (Å²) in [6, 6.07) is 9.66. The highest BCUT2D eigenvalue weighted by molar-refractivity contribution is 5.79. The summed E-state index contributed by atoms with van der Waals surface area (Å²) in [6.45, 7) is 5.30. The lowest BCUT2D eigenvalue weighted by Crippen LogP contribution is -2.35. The first kappa shape index (κ1) is 19.7. The molecule has 1 rings (SSSR count). The number of benzene rings is 1. The number of carbonyl (C=O) groups is 3. The van der Waals surface area contributed by atoms with Crippen molar-refractivity contribution < 1.29 is 14.4 Å². The lowest BCUT2D eigenvalue weighted by Gasteiger charge is -2.21. The van der Waals surface area contributed by atoms with E-state index in [1.54, 1.807) is 4.90 Å². The molecule has 0 aliphatic heterocycles. The predicted molar refractivity (Wildman–Crippen MR) is 93.1 cm³/mol. The zero-order chi connectivity index (χ0) is 17.8. The van der Waals surface area contributed by atoms with Gasteiger partial charge in [-0.15, -0.1) is 0 Å². The summed E-state index contributed by atoms with van der Waals surface area (Å²) in [4.78, 5) is 36.6. The quantitative estimate of drug-likeness (QED) is 0.680. The minimum Gasteiger partial charge on any atom is -0.356 e. The Kier molecular flexibility index (Phi) is 9.19. The summed E-state index contributed by atoms with van der Waals surface area (Å²) >= 11 is 0. The molecule has 0 bridgehead atoms. The van der Waals surface area contributed by atoms with Crippen molar-refractivity contribution in [3.05, 3.63) is 35.9 Å². The van der Waals surface area contributed by atoms with Crippen LogP contribution in [0.5, 0.6) is 0 Å². The molecule has 0 atom stereocenters. The van der Waals surface area contributed by atoms with Crippen molar-refractivity contribution in [2.75, 3.05) is 19.6 Å². The van der Waals surface area contributed by atoms with Crippen LogP contribution >= 0.6 is 0 Å². The van der Waals surface area contributed by atoms with Crippen molar-refractivity contribution in [1.29, 1.82) is 0 Å². The highest BCUT2D eigenvalue weighted by atomic mass is 16.2. The Hall–Kier alpha value is -2.37. The Bertz CT molecular complexity index is 532. The highest BCUT2D eigenvalue weighted by Gasteiger charge is 2.12. The standard InChI is InChI=1S/C18H27N3O3/c1-3-11-19-17(23)9-12-20-18(24)10-13-21(15(2)22)14-16-7-5-4-6-8-16/h4-8H,3,9-14H2,1-2H3,(H,19,23)(H,20,24). The minimum atomic E-state index is -0.155. The van der Waals surface area contributed by atoms with Crippen LogP contribution in [0.2, 0.25) is 0 Å². The first-order valence-corrected chi connectivity index (χ1v) is 8.35. The largest absolute Gasteiger partial charge is 0.356 e. The Morgan fingerprint density at radius 1 is 0.958 bits per heavy atom. The Morgan fingerprint density at radius 2 is 1.58 bits per heavy atom. The number of carbonyl (C=O) groups excluding carboxylic acids is 3. The number of hydrogen-bond acceptors (Lipinski definition) is 3. The van der Waals surface area contributed by atoms with Crippen molar-refractivity contribution in [3.63, 3.8) is 0 Å². The first-order chi connectivity index (χ1) is 11.5. The fourth-order valence-electron chi connectivity index (χ4n) is 2.14. The van der Waals surface area contributed by atoms with Crippen LogP contribution in [0.15, 0.2) is 30.3 Å². The third-order valence-electron chi connectivity index (χ3n) is 3.52. The summed E-state index contributed by atoms with van der Waals surface area (Å²) in [5, 5.41) is 5.47. The third-order valence-corrected chi connectivity index (χ3v) is 3.52. The van der Waals surface area contributed by atoms with E-state index in [0.717, 1.165) is 12.0 Å². The zero-order valence-electron chi connectivity index (χ0n) is 14.5. The van der Waals surface area contributed by atoms with E-state index in [-0.39, 0.29) is 30.6 Å². The number of amides is 3. The molecule has 0 saturated heterocycles. The Labute approximate surface area is 143 Å². The molecule has 6 heteroatoms. The second-order valence-corrected chi connectivity index (χ2v) is 5.63. The molecule has 6 nitrogen and oxygen atoms in total. The van der Waals surface area contributed by atoms with E-state index in [9.17, 15) is 14.4 Å². The maximum Gasteiger partial charge on any atom is 0.221 e. The van der Waals surface area contributed by atoms with Gasteiger partial charge in [-0.3, -0.25) is 14.4 Å². The lowest BCUT2D eigenvalue weighted by molar-refractivity contribution is -0.130. The molecular weight excluding hydrogens is 306 g/mol. The molecule has 0 aromatic heterocycles. The summed E-state index contributed by atoms with van der Waals surface area (Å²) in [6.07, 6.45) is 1.38. The van der Waals surface area contributed by atoms with Crippen LogP contribution in [0.25, 0.3) is 0 Å². The van der Waals surface area contributed by atoms with Crippen LogP contribution in [0.4, 0.5) is 0 Å². The molecule has 0 spiro atoms. The molecule has 0 heterocycles. The fourth-order valence-corrected chi connectivity index (χ4v) is 2.14. The smallest absolute Gasteiger partial charge is 0.221 e. The van der Waals surface area contributed by atoms with Gasteiger partial charge >= 0.3 is 0 Å². The molecule has 2 N–H and O–H groups in total. The first-order valence-electron chi connectivity index (χ1n) is 8.35. The molecule has 0 unspecified atom stereocenters. The van der Waals surface area contributed by atoms with Gasteiger partial charge < -0.3 is 15.5 Å². The van der Waals surface area contributed by atoms with E-state index in [4.69, 9.17) is 0 Å². The molecule has 0 radical (unpaired) electrons. The van der Waals surface area contributed by atoms with Gasteiger partial charge in [-0.05, 0) is 12.0 Å². The number of hydrogen-bond donors (Lipinski definition) is 2. The zero-order valence-corrected chi connectivity index (χ0v) is 14.5. The predicted octanol–water partition coefficient (Wildman–Crippen LogP) is 1.46. The molecule has 3 amide bonds. The molecule has 24 heavy (non-hydrogen) atoms. The third kappa shape index (κ3) is 8.31. The van der Waals surface area contributed by atoms with Gasteiger partial charge in [0.05, 0.1) is 0 Å². The van der Waals surface area contributed by atoms with E-state index in [1.165, 1.54) is 6.92 Å². The average molecular weight is 333 g/mol. The van der Waals surface area contributed by atoms with Gasteiger partial charge in [-0.2, -0.15) is 0 Å². The topological polar surface area (TPSA) is 78.5 Å². The second-order valence-electron chi connectivity index (χ2n) is 5.63. The monoisotopic (exact) mass is 333 g/mol. The van der Waals surface area contributed by atoms with E-state index >= 15 is 0 Å². The van der Waals surface area contributed by atoms with Crippen LogP contribution < -0.4 is 10.6 Å². The average Bonchev–Trinajstić information content (AvgIpc) is 2.57. The normalized spacial score (nSPS) is 10.1. The van der Waals surface area contributed by atoms with Crippen LogP contribution in [-0.4, -0.2) is 42.3 Å².